The summed E-state index contributed by atoms with van der Waals surface area (Å²) in [5.41, 5.74) is 4.42. The first-order valence-electron chi connectivity index (χ1n) is 14.1. The zero-order chi connectivity index (χ0) is 33.9. The summed E-state index contributed by atoms with van der Waals surface area (Å²) in [5.74, 6) is -5.13. The maximum Gasteiger partial charge on any atom is 0.490 e. The lowest BCUT2D eigenvalue weighted by Gasteiger charge is -2.32. The van der Waals surface area contributed by atoms with Crippen LogP contribution in [-0.4, -0.2) is 75.7 Å². The van der Waals surface area contributed by atoms with E-state index in [1.54, 1.807) is 17.7 Å². The minimum Gasteiger partial charge on any atom is -0.478 e. The lowest BCUT2D eigenvalue weighted by Crippen LogP contribution is -2.43. The molecule has 0 aromatic heterocycles. The van der Waals surface area contributed by atoms with E-state index in [4.69, 9.17) is 24.9 Å². The quantitative estimate of drug-likeness (QED) is 0.245. The van der Waals surface area contributed by atoms with E-state index in [1.165, 1.54) is 30.4 Å². The summed E-state index contributed by atoms with van der Waals surface area (Å²) in [6.45, 7) is 7.70. The van der Waals surface area contributed by atoms with Gasteiger partial charge in [0, 0.05) is 18.6 Å². The molecule has 4 rings (SSSR count). The van der Waals surface area contributed by atoms with Crippen LogP contribution in [0.25, 0.3) is 6.08 Å². The monoisotopic (exact) mass is 646 g/mol. The number of carbonyl (C=O) groups is 3. The first-order valence-corrected chi connectivity index (χ1v) is 14.1. The van der Waals surface area contributed by atoms with Gasteiger partial charge >= 0.3 is 30.3 Å². The summed E-state index contributed by atoms with van der Waals surface area (Å²) in [7, 11) is 0. The van der Waals surface area contributed by atoms with Crippen LogP contribution in [0.1, 0.15) is 54.6 Å². The van der Waals surface area contributed by atoms with Crippen LogP contribution in [-0.2, 0) is 16.1 Å². The zero-order valence-electron chi connectivity index (χ0n) is 24.6. The highest BCUT2D eigenvalue weighted by Crippen LogP contribution is 2.42. The van der Waals surface area contributed by atoms with Crippen LogP contribution in [0.5, 0.6) is 0 Å². The third-order valence-electron chi connectivity index (χ3n) is 7.15. The molecule has 0 spiro atoms. The van der Waals surface area contributed by atoms with E-state index in [1.807, 2.05) is 12.1 Å². The van der Waals surface area contributed by atoms with Crippen molar-refractivity contribution >= 4 is 24.0 Å². The van der Waals surface area contributed by atoms with Crippen molar-refractivity contribution in [2.75, 3.05) is 13.1 Å². The molecule has 1 aliphatic heterocycles. The number of likely N-dealkylation sites (tertiary alicyclic amines) is 1. The van der Waals surface area contributed by atoms with Gasteiger partial charge in [-0.3, -0.25) is 4.90 Å². The summed E-state index contributed by atoms with van der Waals surface area (Å²) >= 11 is 0. The summed E-state index contributed by atoms with van der Waals surface area (Å²) in [6.07, 6.45) is -4.16. The first-order chi connectivity index (χ1) is 20.9. The van der Waals surface area contributed by atoms with Crippen molar-refractivity contribution in [3.05, 3.63) is 76.9 Å². The largest absolute Gasteiger partial charge is 0.490 e. The molecule has 1 heterocycles. The minimum absolute atomic E-state index is 0.354. The van der Waals surface area contributed by atoms with E-state index in [-0.39, 0.29) is 0 Å². The van der Waals surface area contributed by atoms with Crippen molar-refractivity contribution in [2.24, 2.45) is 11.8 Å². The number of piperidine rings is 1. The van der Waals surface area contributed by atoms with Gasteiger partial charge in [-0.2, -0.15) is 26.3 Å². The maximum atomic E-state index is 11.0. The second kappa shape index (κ2) is 16.4. The predicted octanol–water partition coefficient (Wildman–Crippen LogP) is 6.33. The molecular formula is C31H36F6N2O6. The fourth-order valence-corrected chi connectivity index (χ4v) is 4.76. The smallest absolute Gasteiger partial charge is 0.478 e. The average molecular weight is 647 g/mol. The average Bonchev–Trinajstić information content (AvgIpc) is 3.71. The number of nitrogens with zero attached hydrogens (tertiary/aromatic N) is 1. The van der Waals surface area contributed by atoms with Crippen molar-refractivity contribution in [3.63, 3.8) is 0 Å². The Hall–Kier alpha value is -3.91. The van der Waals surface area contributed by atoms with Gasteiger partial charge in [-0.05, 0) is 67.4 Å². The van der Waals surface area contributed by atoms with Crippen LogP contribution in [0.3, 0.4) is 0 Å². The van der Waals surface area contributed by atoms with Gasteiger partial charge in [0.15, 0.2) is 0 Å². The molecule has 2 aromatic carbocycles. The molecular weight excluding hydrogens is 610 g/mol. The molecule has 14 heteroatoms. The Morgan fingerprint density at radius 3 is 1.78 bits per heavy atom. The normalized spacial score (nSPS) is 19.1. The molecule has 0 amide bonds. The van der Waals surface area contributed by atoms with Crippen molar-refractivity contribution in [1.29, 1.82) is 0 Å². The Morgan fingerprint density at radius 1 is 0.867 bits per heavy atom. The number of nitrogens with one attached hydrogen (secondary N) is 1. The van der Waals surface area contributed by atoms with E-state index < -0.39 is 30.3 Å². The maximum absolute atomic E-state index is 11.0. The Bertz CT molecular complexity index is 1260. The van der Waals surface area contributed by atoms with Crippen molar-refractivity contribution < 1.29 is 56.0 Å². The van der Waals surface area contributed by atoms with Gasteiger partial charge in [0.05, 0.1) is 5.56 Å². The SMILES string of the molecule is CC(C)C(=Cc1ccccc1)[C@@H]1C[C@H]1NC1CCN(Cc2ccc(C(=O)O)cc2)CC1.O=C(O)C(F)(F)F.O=C(O)C(F)(F)F. The third-order valence-corrected chi connectivity index (χ3v) is 7.15. The van der Waals surface area contributed by atoms with Crippen LogP contribution < -0.4 is 5.32 Å². The standard InChI is InChI=1S/C27H34N2O2.2C2HF3O2/c1-19(2)24(16-20-6-4-3-5-7-20)25-17-26(25)28-23-12-14-29(15-13-23)18-21-8-10-22(11-9-21)27(30)31;2*3-2(4,5)1(6)7/h3-11,16,19,23,25-26,28H,12-15,17-18H2,1-2H3,(H,30,31);2*(H,6,7)/t25-,26+;;/m0../s1. The highest BCUT2D eigenvalue weighted by Gasteiger charge is 2.42. The molecule has 2 aromatic rings. The zero-order valence-corrected chi connectivity index (χ0v) is 24.6. The number of hydrogen-bond acceptors (Lipinski definition) is 5. The van der Waals surface area contributed by atoms with Crippen molar-refractivity contribution in [1.82, 2.24) is 10.2 Å². The van der Waals surface area contributed by atoms with Gasteiger partial charge in [0.1, 0.15) is 0 Å². The Kier molecular flexibility index (Phi) is 13.6. The fraction of sp³-hybridized carbons (Fsp3) is 0.452. The molecule has 1 saturated carbocycles. The molecule has 0 radical (unpaired) electrons. The van der Waals surface area contributed by atoms with E-state index >= 15 is 0 Å². The Balaban J connectivity index is 0.000000421. The number of carboxylic acids is 3. The van der Waals surface area contributed by atoms with Gasteiger partial charge in [0.25, 0.3) is 0 Å². The number of halogens is 6. The summed E-state index contributed by atoms with van der Waals surface area (Å²) in [4.78, 5) is 31.3. The van der Waals surface area contributed by atoms with E-state index in [0.717, 1.165) is 19.6 Å². The molecule has 0 unspecified atom stereocenters. The first kappa shape index (κ1) is 37.3. The molecule has 45 heavy (non-hydrogen) atoms. The van der Waals surface area contributed by atoms with Crippen LogP contribution in [0.4, 0.5) is 26.3 Å². The summed E-state index contributed by atoms with van der Waals surface area (Å²) in [6, 6.07) is 19.2. The highest BCUT2D eigenvalue weighted by atomic mass is 19.4. The Labute approximate surface area is 256 Å². The van der Waals surface area contributed by atoms with Gasteiger partial charge in [-0.25, -0.2) is 14.4 Å². The molecule has 2 fully saturated rings. The topological polar surface area (TPSA) is 127 Å². The van der Waals surface area contributed by atoms with Crippen molar-refractivity contribution in [2.45, 2.75) is 64.1 Å². The summed E-state index contributed by atoms with van der Waals surface area (Å²) < 4.78 is 63.5. The third kappa shape index (κ3) is 13.3. The minimum atomic E-state index is -5.08. The summed E-state index contributed by atoms with van der Waals surface area (Å²) in [5, 5.41) is 27.2. The molecule has 1 aliphatic carbocycles. The molecule has 248 valence electrons. The number of carboxylic acid groups (broad SMARTS) is 3. The van der Waals surface area contributed by atoms with Gasteiger partial charge in [0.2, 0.25) is 0 Å². The molecule has 8 nitrogen and oxygen atoms in total. The number of alkyl halides is 6. The number of hydrogen-bond donors (Lipinski definition) is 4. The molecule has 4 N–H and O–H groups in total. The van der Waals surface area contributed by atoms with Crippen LogP contribution in [0.15, 0.2) is 60.2 Å². The van der Waals surface area contributed by atoms with E-state index in [2.05, 4.69) is 60.5 Å². The second-order valence-electron chi connectivity index (χ2n) is 11.0. The van der Waals surface area contributed by atoms with Gasteiger partial charge in [-0.15, -0.1) is 0 Å². The molecule has 0 bridgehead atoms. The van der Waals surface area contributed by atoms with E-state index in [9.17, 15) is 31.1 Å². The number of benzene rings is 2. The van der Waals surface area contributed by atoms with Crippen molar-refractivity contribution in [3.8, 4) is 0 Å². The predicted molar refractivity (Wildman–Crippen MR) is 153 cm³/mol. The van der Waals surface area contributed by atoms with Gasteiger partial charge in [-0.1, -0.05) is 68.0 Å². The second-order valence-corrected chi connectivity index (χ2v) is 11.0. The molecule has 2 aliphatic rings. The molecule has 2 atom stereocenters. The van der Waals surface area contributed by atoms with Crippen LogP contribution in [0.2, 0.25) is 0 Å². The number of rotatable bonds is 8. The number of aromatic carboxylic acids is 1. The fourth-order valence-electron chi connectivity index (χ4n) is 4.76. The molecule has 1 saturated heterocycles. The van der Waals surface area contributed by atoms with Crippen LogP contribution >= 0.6 is 0 Å². The Morgan fingerprint density at radius 2 is 1.36 bits per heavy atom. The number of aliphatic carboxylic acids is 2. The van der Waals surface area contributed by atoms with E-state index in [0.29, 0.717) is 29.5 Å². The van der Waals surface area contributed by atoms with Crippen LogP contribution in [0, 0.1) is 11.8 Å². The lowest BCUT2D eigenvalue weighted by atomic mass is 9.95. The van der Waals surface area contributed by atoms with Gasteiger partial charge < -0.3 is 20.6 Å². The highest BCUT2D eigenvalue weighted by molar-refractivity contribution is 5.87. The lowest BCUT2D eigenvalue weighted by molar-refractivity contribution is -0.193.